The third-order valence-corrected chi connectivity index (χ3v) is 6.39. The molecule has 1 N–H and O–H groups in total. The van der Waals surface area contributed by atoms with Crippen LogP contribution in [0.2, 0.25) is 0 Å². The van der Waals surface area contributed by atoms with Gasteiger partial charge in [-0.3, -0.25) is 0 Å². The molecule has 1 heterocycles. The molecule has 1 aromatic heterocycles. The van der Waals surface area contributed by atoms with Crippen LogP contribution in [-0.4, -0.2) is 4.98 Å². The van der Waals surface area contributed by atoms with Gasteiger partial charge in [-0.1, -0.05) is 64.7 Å². The summed E-state index contributed by atoms with van der Waals surface area (Å²) in [6.07, 6.45) is 16.8. The van der Waals surface area contributed by atoms with Crippen LogP contribution in [0.1, 0.15) is 82.4 Å². The highest BCUT2D eigenvalue weighted by Gasteiger charge is 2.22. The van der Waals surface area contributed by atoms with Crippen LogP contribution in [0.4, 0.5) is 0 Å². The van der Waals surface area contributed by atoms with E-state index in [0.29, 0.717) is 0 Å². The average Bonchev–Trinajstić information content (AvgIpc) is 2.94. The van der Waals surface area contributed by atoms with E-state index in [4.69, 9.17) is 0 Å². The van der Waals surface area contributed by atoms with E-state index in [1.54, 1.807) is 5.56 Å². The molecule has 2 aromatic rings. The Morgan fingerprint density at radius 1 is 1.04 bits per heavy atom. The number of hydrogen-bond acceptors (Lipinski definition) is 0. The first-order valence-corrected chi connectivity index (χ1v) is 11.1. The number of aromatic amines is 1. The lowest BCUT2D eigenvalue weighted by Gasteiger charge is -2.22. The predicted molar refractivity (Wildman–Crippen MR) is 114 cm³/mol. The molecule has 1 unspecified atom stereocenters. The molecule has 24 heavy (non-hydrogen) atoms. The van der Waals surface area contributed by atoms with E-state index in [-0.39, 0.29) is 0 Å². The van der Waals surface area contributed by atoms with Crippen LogP contribution in [0.3, 0.4) is 0 Å². The van der Waals surface area contributed by atoms with Gasteiger partial charge in [-0.2, -0.15) is 0 Å². The van der Waals surface area contributed by atoms with E-state index in [0.717, 1.165) is 5.92 Å². The Morgan fingerprint density at radius 3 is 2.58 bits per heavy atom. The van der Waals surface area contributed by atoms with Crippen LogP contribution in [0.15, 0.2) is 18.2 Å². The van der Waals surface area contributed by atoms with Gasteiger partial charge in [0.15, 0.2) is 0 Å². The van der Waals surface area contributed by atoms with Crippen molar-refractivity contribution < 1.29 is 0 Å². The Balaban J connectivity index is 1.42. The monoisotopic (exact) mass is 437 g/mol. The van der Waals surface area contributed by atoms with Crippen LogP contribution in [0, 0.1) is 9.49 Å². The standard InChI is InChI=1S/C22H32IN/c1-2-3-4-5-6-7-8-9-10-17-11-13-19-20-16-18(23)12-14-21(20)24-22(19)15-17/h12,14,16-17,24H,2-11,13,15H2,1H3. The van der Waals surface area contributed by atoms with Crippen LogP contribution in [0.5, 0.6) is 0 Å². The lowest BCUT2D eigenvalue weighted by atomic mass is 9.84. The first kappa shape index (κ1) is 18.3. The maximum absolute atomic E-state index is 3.70. The number of unbranched alkanes of at least 4 members (excludes halogenated alkanes) is 7. The number of aromatic nitrogens is 1. The van der Waals surface area contributed by atoms with E-state index in [9.17, 15) is 0 Å². The summed E-state index contributed by atoms with van der Waals surface area (Å²) in [7, 11) is 0. The topological polar surface area (TPSA) is 15.8 Å². The lowest BCUT2D eigenvalue weighted by Crippen LogP contribution is -2.13. The van der Waals surface area contributed by atoms with Crippen molar-refractivity contribution in [2.75, 3.05) is 0 Å². The molecule has 132 valence electrons. The molecule has 1 aliphatic rings. The molecular formula is C22H32IN. The molecule has 2 heteroatoms. The largest absolute Gasteiger partial charge is 0.358 e. The van der Waals surface area contributed by atoms with Crippen molar-refractivity contribution in [1.82, 2.24) is 4.98 Å². The molecule has 0 saturated heterocycles. The summed E-state index contributed by atoms with van der Waals surface area (Å²) in [5, 5.41) is 1.47. The summed E-state index contributed by atoms with van der Waals surface area (Å²) in [6, 6.07) is 6.82. The number of nitrogens with one attached hydrogen (secondary N) is 1. The molecule has 1 nitrogen and oxygen atoms in total. The number of halogens is 1. The highest BCUT2D eigenvalue weighted by Crippen LogP contribution is 2.34. The van der Waals surface area contributed by atoms with Gasteiger partial charge in [-0.05, 0) is 71.5 Å². The minimum atomic E-state index is 0.907. The number of hydrogen-bond donors (Lipinski definition) is 1. The number of benzene rings is 1. The van der Waals surface area contributed by atoms with Gasteiger partial charge in [-0.25, -0.2) is 0 Å². The summed E-state index contributed by atoms with van der Waals surface area (Å²) >= 11 is 2.43. The molecule has 1 aromatic carbocycles. The molecule has 1 aliphatic carbocycles. The molecule has 0 aliphatic heterocycles. The average molecular weight is 437 g/mol. The minimum Gasteiger partial charge on any atom is -0.358 e. The Bertz CT molecular complexity index is 643. The normalized spacial score (nSPS) is 17.3. The fourth-order valence-corrected chi connectivity index (χ4v) is 4.78. The van der Waals surface area contributed by atoms with Crippen molar-refractivity contribution in [3.05, 3.63) is 33.0 Å². The van der Waals surface area contributed by atoms with Crippen LogP contribution in [-0.2, 0) is 12.8 Å². The third-order valence-electron chi connectivity index (χ3n) is 5.72. The number of aryl methyl sites for hydroxylation is 1. The highest BCUT2D eigenvalue weighted by atomic mass is 127. The molecule has 0 bridgehead atoms. The second-order valence-electron chi connectivity index (χ2n) is 7.64. The molecule has 0 radical (unpaired) electrons. The molecular weight excluding hydrogens is 405 g/mol. The van der Waals surface area contributed by atoms with Gasteiger partial charge in [-0.15, -0.1) is 0 Å². The van der Waals surface area contributed by atoms with Crippen LogP contribution >= 0.6 is 22.6 Å². The molecule has 0 saturated carbocycles. The lowest BCUT2D eigenvalue weighted by molar-refractivity contribution is 0.401. The van der Waals surface area contributed by atoms with Gasteiger partial charge in [0, 0.05) is 20.2 Å². The quantitative estimate of drug-likeness (QED) is 0.311. The fraction of sp³-hybridized carbons (Fsp3) is 0.636. The van der Waals surface area contributed by atoms with Crippen molar-refractivity contribution in [3.8, 4) is 0 Å². The summed E-state index contributed by atoms with van der Waals surface area (Å²) in [6.45, 7) is 2.30. The van der Waals surface area contributed by atoms with E-state index in [1.165, 1.54) is 97.2 Å². The van der Waals surface area contributed by atoms with Crippen molar-refractivity contribution in [1.29, 1.82) is 0 Å². The highest BCUT2D eigenvalue weighted by molar-refractivity contribution is 14.1. The summed E-state index contributed by atoms with van der Waals surface area (Å²) in [4.78, 5) is 3.70. The van der Waals surface area contributed by atoms with Crippen molar-refractivity contribution in [2.45, 2.75) is 84.0 Å². The van der Waals surface area contributed by atoms with Gasteiger partial charge in [0.1, 0.15) is 0 Å². The number of rotatable bonds is 9. The SMILES string of the molecule is CCCCCCCCCCC1CCc2c([nH]c3ccc(I)cc23)C1. The van der Waals surface area contributed by atoms with Crippen LogP contribution < -0.4 is 0 Å². The Kier molecular flexibility index (Phi) is 7.06. The molecule has 3 rings (SSSR count). The van der Waals surface area contributed by atoms with Crippen molar-refractivity contribution in [2.24, 2.45) is 5.92 Å². The Labute approximate surface area is 161 Å². The second kappa shape index (κ2) is 9.26. The molecule has 0 amide bonds. The minimum absolute atomic E-state index is 0.907. The third kappa shape index (κ3) is 4.77. The first-order valence-electron chi connectivity index (χ1n) is 10.1. The smallest absolute Gasteiger partial charge is 0.0459 e. The fourth-order valence-electron chi connectivity index (χ4n) is 4.29. The number of fused-ring (bicyclic) bond motifs is 3. The first-order chi connectivity index (χ1) is 11.8. The van der Waals surface area contributed by atoms with E-state index in [1.807, 2.05) is 0 Å². The second-order valence-corrected chi connectivity index (χ2v) is 8.89. The van der Waals surface area contributed by atoms with Gasteiger partial charge in [0.05, 0.1) is 0 Å². The van der Waals surface area contributed by atoms with Gasteiger partial charge >= 0.3 is 0 Å². The van der Waals surface area contributed by atoms with Gasteiger partial charge in [0.2, 0.25) is 0 Å². The van der Waals surface area contributed by atoms with E-state index < -0.39 is 0 Å². The molecule has 0 spiro atoms. The Hall–Kier alpha value is -0.510. The van der Waals surface area contributed by atoms with Gasteiger partial charge in [0.25, 0.3) is 0 Å². The summed E-state index contributed by atoms with van der Waals surface area (Å²) in [5.41, 5.74) is 4.48. The summed E-state index contributed by atoms with van der Waals surface area (Å²) in [5.74, 6) is 0.907. The molecule has 0 fully saturated rings. The van der Waals surface area contributed by atoms with Gasteiger partial charge < -0.3 is 4.98 Å². The zero-order valence-corrected chi connectivity index (χ0v) is 17.3. The number of H-pyrrole nitrogens is 1. The summed E-state index contributed by atoms with van der Waals surface area (Å²) < 4.78 is 1.35. The molecule has 1 atom stereocenters. The maximum atomic E-state index is 3.70. The predicted octanol–water partition coefficient (Wildman–Crippen LogP) is 7.41. The van der Waals surface area contributed by atoms with Crippen LogP contribution in [0.25, 0.3) is 10.9 Å². The van der Waals surface area contributed by atoms with Crippen molar-refractivity contribution in [3.63, 3.8) is 0 Å². The zero-order chi connectivity index (χ0) is 16.8. The van der Waals surface area contributed by atoms with E-state index >= 15 is 0 Å². The van der Waals surface area contributed by atoms with Crippen molar-refractivity contribution >= 4 is 33.5 Å². The zero-order valence-electron chi connectivity index (χ0n) is 15.2. The Morgan fingerprint density at radius 2 is 1.79 bits per heavy atom. The van der Waals surface area contributed by atoms with E-state index in [2.05, 4.69) is 52.7 Å². The maximum Gasteiger partial charge on any atom is 0.0459 e.